The van der Waals surface area contributed by atoms with Gasteiger partial charge in [-0.15, -0.1) is 0 Å². The quantitative estimate of drug-likeness (QED) is 0.645. The minimum atomic E-state index is -1.25. The molecule has 1 fully saturated rings. The van der Waals surface area contributed by atoms with E-state index in [0.717, 1.165) is 0 Å². The molecule has 1 amide bonds. The number of nitro benzene ring substituents is 1. The van der Waals surface area contributed by atoms with E-state index in [2.05, 4.69) is 5.32 Å². The average Bonchev–Trinajstić information content (AvgIpc) is 2.88. The van der Waals surface area contributed by atoms with Crippen LogP contribution >= 0.6 is 11.8 Å². The van der Waals surface area contributed by atoms with E-state index in [0.29, 0.717) is 23.5 Å². The molecular formula is C13H14N2O5S. The number of nitrogens with one attached hydrogen (secondary N) is 1. The normalized spacial score (nSPS) is 21.0. The SMILES string of the molecule is Cc1cc([N+](=O)[O-])ccc1C(=O)NC1(C(=O)O)CCSC1. The van der Waals surface area contributed by atoms with Crippen molar-refractivity contribution in [3.8, 4) is 0 Å². The van der Waals surface area contributed by atoms with Crippen LogP contribution in [0.2, 0.25) is 0 Å². The summed E-state index contributed by atoms with van der Waals surface area (Å²) >= 11 is 1.47. The number of carboxylic acid groups (broad SMARTS) is 1. The van der Waals surface area contributed by atoms with Crippen LogP contribution in [-0.4, -0.2) is 39.0 Å². The lowest BCUT2D eigenvalue weighted by Gasteiger charge is -2.24. The van der Waals surface area contributed by atoms with Gasteiger partial charge in [-0.1, -0.05) is 0 Å². The van der Waals surface area contributed by atoms with E-state index in [1.165, 1.54) is 30.0 Å². The second-order valence-corrected chi connectivity index (χ2v) is 6.01. The second kappa shape index (κ2) is 5.72. The van der Waals surface area contributed by atoms with Crippen molar-refractivity contribution in [3.05, 3.63) is 39.4 Å². The molecule has 112 valence electrons. The molecule has 1 heterocycles. The van der Waals surface area contributed by atoms with Crippen LogP contribution in [0.1, 0.15) is 22.3 Å². The second-order valence-electron chi connectivity index (χ2n) is 4.90. The molecule has 21 heavy (non-hydrogen) atoms. The van der Waals surface area contributed by atoms with Gasteiger partial charge in [0.1, 0.15) is 5.54 Å². The van der Waals surface area contributed by atoms with Crippen LogP contribution < -0.4 is 5.32 Å². The summed E-state index contributed by atoms with van der Waals surface area (Å²) in [7, 11) is 0. The number of hydrogen-bond acceptors (Lipinski definition) is 5. The lowest BCUT2D eigenvalue weighted by molar-refractivity contribution is -0.384. The molecule has 1 unspecified atom stereocenters. The van der Waals surface area contributed by atoms with Gasteiger partial charge in [-0.2, -0.15) is 11.8 Å². The lowest BCUT2D eigenvalue weighted by Crippen LogP contribution is -2.54. The molecule has 7 nitrogen and oxygen atoms in total. The number of aliphatic carboxylic acids is 1. The summed E-state index contributed by atoms with van der Waals surface area (Å²) in [4.78, 5) is 33.8. The zero-order chi connectivity index (χ0) is 15.6. The average molecular weight is 310 g/mol. The summed E-state index contributed by atoms with van der Waals surface area (Å²) in [6, 6.07) is 3.88. The number of non-ortho nitro benzene ring substituents is 1. The van der Waals surface area contributed by atoms with Gasteiger partial charge >= 0.3 is 5.97 Å². The van der Waals surface area contributed by atoms with Crippen LogP contribution in [0.3, 0.4) is 0 Å². The minimum Gasteiger partial charge on any atom is -0.479 e. The molecule has 1 aromatic rings. The first-order chi connectivity index (χ1) is 9.85. The summed E-state index contributed by atoms with van der Waals surface area (Å²) < 4.78 is 0. The molecule has 1 atom stereocenters. The Morgan fingerprint density at radius 1 is 1.48 bits per heavy atom. The van der Waals surface area contributed by atoms with Crippen molar-refractivity contribution >= 4 is 29.3 Å². The maximum Gasteiger partial charge on any atom is 0.330 e. The zero-order valence-corrected chi connectivity index (χ0v) is 12.1. The highest BCUT2D eigenvalue weighted by Crippen LogP contribution is 2.29. The Kier molecular flexibility index (Phi) is 4.17. The number of thioether (sulfide) groups is 1. The van der Waals surface area contributed by atoms with Gasteiger partial charge in [0.15, 0.2) is 0 Å². The van der Waals surface area contributed by atoms with E-state index >= 15 is 0 Å². The third-order valence-corrected chi connectivity index (χ3v) is 4.64. The Balaban J connectivity index is 2.24. The van der Waals surface area contributed by atoms with Crippen molar-refractivity contribution in [1.29, 1.82) is 0 Å². The number of hydrogen-bond donors (Lipinski definition) is 2. The summed E-state index contributed by atoms with van der Waals surface area (Å²) in [6.45, 7) is 1.58. The van der Waals surface area contributed by atoms with Crippen molar-refractivity contribution in [1.82, 2.24) is 5.32 Å². The number of carbonyl (C=O) groups is 2. The molecule has 0 spiro atoms. The topological polar surface area (TPSA) is 110 Å². The number of nitro groups is 1. The van der Waals surface area contributed by atoms with Gasteiger partial charge in [0.05, 0.1) is 4.92 Å². The number of carboxylic acids is 1. The molecule has 0 saturated carbocycles. The van der Waals surface area contributed by atoms with Gasteiger partial charge in [0.2, 0.25) is 0 Å². The van der Waals surface area contributed by atoms with Crippen molar-refractivity contribution in [2.45, 2.75) is 18.9 Å². The van der Waals surface area contributed by atoms with Gasteiger partial charge < -0.3 is 10.4 Å². The third-order valence-electron chi connectivity index (χ3n) is 3.45. The van der Waals surface area contributed by atoms with Crippen molar-refractivity contribution < 1.29 is 19.6 Å². The maximum absolute atomic E-state index is 12.3. The van der Waals surface area contributed by atoms with Crippen LogP contribution in [0, 0.1) is 17.0 Å². The number of benzene rings is 1. The van der Waals surface area contributed by atoms with Crippen molar-refractivity contribution in [3.63, 3.8) is 0 Å². The van der Waals surface area contributed by atoms with E-state index in [-0.39, 0.29) is 11.3 Å². The largest absolute Gasteiger partial charge is 0.479 e. The Morgan fingerprint density at radius 2 is 2.19 bits per heavy atom. The maximum atomic E-state index is 12.3. The number of amides is 1. The molecular weight excluding hydrogens is 296 g/mol. The number of aryl methyl sites for hydroxylation is 1. The molecule has 1 aliphatic rings. The molecule has 0 aromatic heterocycles. The molecule has 0 radical (unpaired) electrons. The first-order valence-corrected chi connectivity index (χ1v) is 7.40. The van der Waals surface area contributed by atoms with Crippen LogP contribution in [-0.2, 0) is 4.79 Å². The monoisotopic (exact) mass is 310 g/mol. The number of nitrogens with zero attached hydrogens (tertiary/aromatic N) is 1. The first kappa shape index (κ1) is 15.3. The van der Waals surface area contributed by atoms with E-state index in [1.807, 2.05) is 0 Å². The summed E-state index contributed by atoms with van der Waals surface area (Å²) in [5.74, 6) is -0.584. The fourth-order valence-electron chi connectivity index (χ4n) is 2.19. The number of carbonyl (C=O) groups excluding carboxylic acids is 1. The van der Waals surface area contributed by atoms with Crippen molar-refractivity contribution in [2.75, 3.05) is 11.5 Å². The van der Waals surface area contributed by atoms with Crippen LogP contribution in [0.5, 0.6) is 0 Å². The predicted octanol–water partition coefficient (Wildman–Crippen LogP) is 1.59. The van der Waals surface area contributed by atoms with E-state index < -0.39 is 22.3 Å². The Morgan fingerprint density at radius 3 is 2.67 bits per heavy atom. The van der Waals surface area contributed by atoms with Gasteiger partial charge in [-0.05, 0) is 30.7 Å². The minimum absolute atomic E-state index is 0.103. The third kappa shape index (κ3) is 2.99. The molecule has 1 aromatic carbocycles. The highest BCUT2D eigenvalue weighted by atomic mass is 32.2. The smallest absolute Gasteiger partial charge is 0.330 e. The van der Waals surface area contributed by atoms with E-state index in [4.69, 9.17) is 0 Å². The van der Waals surface area contributed by atoms with Crippen molar-refractivity contribution in [2.24, 2.45) is 0 Å². The molecule has 2 N–H and O–H groups in total. The Labute approximate surface area is 124 Å². The van der Waals surface area contributed by atoms with Gasteiger partial charge in [0, 0.05) is 23.4 Å². The lowest BCUT2D eigenvalue weighted by atomic mass is 9.97. The molecule has 1 aliphatic heterocycles. The molecule has 0 bridgehead atoms. The fraction of sp³-hybridized carbons (Fsp3) is 0.385. The summed E-state index contributed by atoms with van der Waals surface area (Å²) in [5.41, 5.74) is -0.671. The highest BCUT2D eigenvalue weighted by Gasteiger charge is 2.43. The first-order valence-electron chi connectivity index (χ1n) is 6.24. The molecule has 0 aliphatic carbocycles. The molecule has 2 rings (SSSR count). The number of rotatable bonds is 4. The van der Waals surface area contributed by atoms with E-state index in [9.17, 15) is 24.8 Å². The fourth-order valence-corrected chi connectivity index (χ4v) is 3.51. The van der Waals surface area contributed by atoms with Gasteiger partial charge in [0.25, 0.3) is 11.6 Å². The Hall–Kier alpha value is -2.09. The highest BCUT2D eigenvalue weighted by molar-refractivity contribution is 7.99. The molecule has 1 saturated heterocycles. The zero-order valence-electron chi connectivity index (χ0n) is 11.3. The molecule has 8 heteroatoms. The predicted molar refractivity (Wildman–Crippen MR) is 77.6 cm³/mol. The van der Waals surface area contributed by atoms with Crippen LogP contribution in [0.25, 0.3) is 0 Å². The summed E-state index contributed by atoms with van der Waals surface area (Å²) in [6.07, 6.45) is 0.366. The standard InChI is InChI=1S/C13H14N2O5S/c1-8-6-9(15(19)20)2-3-10(8)11(16)14-13(12(17)18)4-5-21-7-13/h2-3,6H,4-5,7H2,1H3,(H,14,16)(H,17,18). The van der Waals surface area contributed by atoms with Gasteiger partial charge in [-0.3, -0.25) is 14.9 Å². The van der Waals surface area contributed by atoms with Crippen LogP contribution in [0.15, 0.2) is 18.2 Å². The van der Waals surface area contributed by atoms with Crippen LogP contribution in [0.4, 0.5) is 5.69 Å². The Bertz CT molecular complexity index is 611. The van der Waals surface area contributed by atoms with Gasteiger partial charge in [-0.25, -0.2) is 4.79 Å². The summed E-state index contributed by atoms with van der Waals surface area (Å²) in [5, 5.41) is 22.6. The van der Waals surface area contributed by atoms with E-state index in [1.54, 1.807) is 6.92 Å².